The molecule has 2 rings (SSSR count). The fourth-order valence-electron chi connectivity index (χ4n) is 2.94. The highest BCUT2D eigenvalue weighted by Crippen LogP contribution is 2.17. The third kappa shape index (κ3) is 5.00. The van der Waals surface area contributed by atoms with Crippen molar-refractivity contribution in [3.8, 4) is 0 Å². The van der Waals surface area contributed by atoms with E-state index < -0.39 is 0 Å². The van der Waals surface area contributed by atoms with Crippen LogP contribution in [0.25, 0.3) is 0 Å². The zero-order valence-electron chi connectivity index (χ0n) is 13.8. The molecule has 1 aliphatic heterocycles. The molecule has 1 saturated heterocycles. The van der Waals surface area contributed by atoms with Crippen LogP contribution in [-0.4, -0.2) is 53.8 Å². The number of rotatable bonds is 9. The van der Waals surface area contributed by atoms with Crippen molar-refractivity contribution in [3.05, 3.63) is 11.9 Å². The molecule has 2 heterocycles. The minimum atomic E-state index is 0.749. The highest BCUT2D eigenvalue weighted by molar-refractivity contribution is 5.28. The van der Waals surface area contributed by atoms with Gasteiger partial charge in [-0.25, -0.2) is 4.98 Å². The second-order valence-electron chi connectivity index (χ2n) is 5.88. The second kappa shape index (κ2) is 8.39. The Balaban J connectivity index is 1.79. The summed E-state index contributed by atoms with van der Waals surface area (Å²) in [5, 5.41) is 3.55. The first-order chi connectivity index (χ1) is 10.2. The molecule has 120 valence electrons. The number of aryl methyl sites for hydroxylation is 2. The molecular formula is C16H30N4O. The molecular weight excluding hydrogens is 264 g/mol. The van der Waals surface area contributed by atoms with Gasteiger partial charge in [-0.1, -0.05) is 6.92 Å². The van der Waals surface area contributed by atoms with Crippen molar-refractivity contribution < 1.29 is 4.74 Å². The summed E-state index contributed by atoms with van der Waals surface area (Å²) in [5.41, 5.74) is 1.08. The Morgan fingerprint density at radius 3 is 3.00 bits per heavy atom. The molecule has 1 atom stereocenters. The molecule has 1 aromatic rings. The molecule has 0 radical (unpaired) electrons. The molecule has 1 unspecified atom stereocenters. The number of likely N-dealkylation sites (tertiary alicyclic amines) is 1. The van der Waals surface area contributed by atoms with E-state index in [0.29, 0.717) is 0 Å². The second-order valence-corrected chi connectivity index (χ2v) is 5.88. The van der Waals surface area contributed by atoms with Gasteiger partial charge in [0, 0.05) is 39.0 Å². The third-order valence-electron chi connectivity index (χ3n) is 4.15. The zero-order valence-corrected chi connectivity index (χ0v) is 13.8. The predicted octanol–water partition coefficient (Wildman–Crippen LogP) is 2.37. The average Bonchev–Trinajstić information content (AvgIpc) is 3.07. The lowest BCUT2D eigenvalue weighted by Crippen LogP contribution is -2.23. The Hall–Kier alpha value is -1.07. The zero-order chi connectivity index (χ0) is 15.1. The largest absolute Gasteiger partial charge is 0.382 e. The summed E-state index contributed by atoms with van der Waals surface area (Å²) < 4.78 is 7.63. The maximum atomic E-state index is 5.41. The van der Waals surface area contributed by atoms with E-state index in [2.05, 4.69) is 39.8 Å². The fourth-order valence-corrected chi connectivity index (χ4v) is 2.94. The van der Waals surface area contributed by atoms with Crippen LogP contribution in [0.1, 0.15) is 32.4 Å². The molecule has 1 aliphatic rings. The van der Waals surface area contributed by atoms with Gasteiger partial charge in [-0.15, -0.1) is 0 Å². The van der Waals surface area contributed by atoms with Gasteiger partial charge in [0.1, 0.15) is 0 Å². The number of imidazole rings is 1. The molecule has 0 aromatic carbocycles. The van der Waals surface area contributed by atoms with Crippen LogP contribution in [0.2, 0.25) is 0 Å². The number of nitrogens with zero attached hydrogens (tertiary/aromatic N) is 3. The molecule has 1 aromatic heterocycles. The van der Waals surface area contributed by atoms with Crippen LogP contribution in [0.3, 0.4) is 0 Å². The molecule has 5 heteroatoms. The van der Waals surface area contributed by atoms with E-state index in [9.17, 15) is 0 Å². The summed E-state index contributed by atoms with van der Waals surface area (Å²) in [7, 11) is 0. The number of hydrogen-bond donors (Lipinski definition) is 1. The predicted molar refractivity (Wildman–Crippen MR) is 86.8 cm³/mol. The summed E-state index contributed by atoms with van der Waals surface area (Å²) in [5.74, 6) is 1.76. The number of nitrogens with one attached hydrogen (secondary N) is 1. The first-order valence-electron chi connectivity index (χ1n) is 8.30. The van der Waals surface area contributed by atoms with E-state index in [-0.39, 0.29) is 0 Å². The van der Waals surface area contributed by atoms with Gasteiger partial charge >= 0.3 is 0 Å². The molecule has 0 bridgehead atoms. The van der Waals surface area contributed by atoms with Crippen molar-refractivity contribution in [2.45, 2.75) is 40.2 Å². The van der Waals surface area contributed by atoms with Crippen LogP contribution in [0, 0.1) is 12.8 Å². The van der Waals surface area contributed by atoms with Crippen LogP contribution in [-0.2, 0) is 11.3 Å². The number of anilines is 1. The van der Waals surface area contributed by atoms with Crippen LogP contribution in [0.5, 0.6) is 0 Å². The Bertz CT molecular complexity index is 418. The van der Waals surface area contributed by atoms with E-state index in [4.69, 9.17) is 4.74 Å². The quantitative estimate of drug-likeness (QED) is 0.710. The SMILES string of the molecule is CCOCCCn1cc(C)nc1NCC1CCN(CC)C1. The maximum Gasteiger partial charge on any atom is 0.203 e. The maximum absolute atomic E-state index is 5.41. The van der Waals surface area contributed by atoms with Crippen molar-refractivity contribution in [1.29, 1.82) is 0 Å². The van der Waals surface area contributed by atoms with Gasteiger partial charge in [-0.3, -0.25) is 0 Å². The molecule has 1 fully saturated rings. The lowest BCUT2D eigenvalue weighted by Gasteiger charge is -2.15. The van der Waals surface area contributed by atoms with Gasteiger partial charge in [0.2, 0.25) is 5.95 Å². The highest BCUT2D eigenvalue weighted by atomic mass is 16.5. The van der Waals surface area contributed by atoms with Gasteiger partial charge in [0.25, 0.3) is 0 Å². The molecule has 0 amide bonds. The van der Waals surface area contributed by atoms with Crippen LogP contribution >= 0.6 is 0 Å². The van der Waals surface area contributed by atoms with Gasteiger partial charge in [-0.05, 0) is 45.7 Å². The van der Waals surface area contributed by atoms with E-state index in [1.165, 1.54) is 26.1 Å². The fraction of sp³-hybridized carbons (Fsp3) is 0.812. The van der Waals surface area contributed by atoms with Crippen LogP contribution in [0.15, 0.2) is 6.20 Å². The molecule has 5 nitrogen and oxygen atoms in total. The summed E-state index contributed by atoms with van der Waals surface area (Å²) in [6.45, 7) is 13.6. The Morgan fingerprint density at radius 1 is 1.43 bits per heavy atom. The lowest BCUT2D eigenvalue weighted by molar-refractivity contribution is 0.142. The molecule has 0 saturated carbocycles. The van der Waals surface area contributed by atoms with Crippen LogP contribution < -0.4 is 5.32 Å². The van der Waals surface area contributed by atoms with Crippen molar-refractivity contribution >= 4 is 5.95 Å². The summed E-state index contributed by atoms with van der Waals surface area (Å²) in [6.07, 6.45) is 4.46. The summed E-state index contributed by atoms with van der Waals surface area (Å²) in [6, 6.07) is 0. The summed E-state index contributed by atoms with van der Waals surface area (Å²) >= 11 is 0. The normalized spacial score (nSPS) is 19.3. The Labute approximate surface area is 128 Å². The number of aromatic nitrogens is 2. The first kappa shape index (κ1) is 16.3. The van der Waals surface area contributed by atoms with E-state index in [1.807, 2.05) is 6.92 Å². The first-order valence-corrected chi connectivity index (χ1v) is 8.30. The molecule has 0 spiro atoms. The third-order valence-corrected chi connectivity index (χ3v) is 4.15. The van der Waals surface area contributed by atoms with Crippen LogP contribution in [0.4, 0.5) is 5.95 Å². The molecule has 0 aliphatic carbocycles. The summed E-state index contributed by atoms with van der Waals surface area (Å²) in [4.78, 5) is 7.13. The van der Waals surface area contributed by atoms with E-state index in [1.54, 1.807) is 0 Å². The van der Waals surface area contributed by atoms with Crippen molar-refractivity contribution in [2.24, 2.45) is 5.92 Å². The van der Waals surface area contributed by atoms with Gasteiger partial charge in [0.15, 0.2) is 0 Å². The van der Waals surface area contributed by atoms with Crippen molar-refractivity contribution in [3.63, 3.8) is 0 Å². The topological polar surface area (TPSA) is 42.3 Å². The minimum Gasteiger partial charge on any atom is -0.382 e. The number of hydrogen-bond acceptors (Lipinski definition) is 4. The smallest absolute Gasteiger partial charge is 0.203 e. The lowest BCUT2D eigenvalue weighted by atomic mass is 10.1. The Kier molecular flexibility index (Phi) is 6.51. The van der Waals surface area contributed by atoms with Crippen molar-refractivity contribution in [2.75, 3.05) is 44.7 Å². The molecule has 1 N–H and O–H groups in total. The monoisotopic (exact) mass is 294 g/mol. The standard InChI is InChI=1S/C16H30N4O/c1-4-19-9-7-15(13-19)11-17-16-18-14(3)12-20(16)8-6-10-21-5-2/h12,15H,4-11,13H2,1-3H3,(H,17,18). The van der Waals surface area contributed by atoms with E-state index >= 15 is 0 Å². The minimum absolute atomic E-state index is 0.749. The van der Waals surface area contributed by atoms with Gasteiger partial charge in [-0.2, -0.15) is 0 Å². The number of ether oxygens (including phenoxy) is 1. The van der Waals surface area contributed by atoms with Gasteiger partial charge < -0.3 is 19.5 Å². The van der Waals surface area contributed by atoms with Gasteiger partial charge in [0.05, 0.1) is 5.69 Å². The van der Waals surface area contributed by atoms with E-state index in [0.717, 1.165) is 50.3 Å². The Morgan fingerprint density at radius 2 is 2.29 bits per heavy atom. The average molecular weight is 294 g/mol. The van der Waals surface area contributed by atoms with Crippen molar-refractivity contribution in [1.82, 2.24) is 14.5 Å². The highest BCUT2D eigenvalue weighted by Gasteiger charge is 2.21. The molecule has 21 heavy (non-hydrogen) atoms.